The number of hydrogen-bond donors (Lipinski definition) is 0. The predicted octanol–water partition coefficient (Wildman–Crippen LogP) is 3.25. The van der Waals surface area contributed by atoms with E-state index >= 15 is 0 Å². The maximum absolute atomic E-state index is 12.9. The van der Waals surface area contributed by atoms with Crippen molar-refractivity contribution in [2.75, 3.05) is 0 Å². The average molecular weight is 423 g/mol. The Kier molecular flexibility index (Phi) is 4.45. The van der Waals surface area contributed by atoms with Gasteiger partial charge < -0.3 is 4.57 Å². The van der Waals surface area contributed by atoms with Gasteiger partial charge in [-0.3, -0.25) is 9.13 Å². The highest BCUT2D eigenvalue weighted by molar-refractivity contribution is 6.28. The van der Waals surface area contributed by atoms with Gasteiger partial charge in [0, 0.05) is 25.9 Å². The van der Waals surface area contributed by atoms with Gasteiger partial charge in [0.15, 0.2) is 11.3 Å². The van der Waals surface area contributed by atoms with Crippen molar-refractivity contribution in [3.05, 3.63) is 63.7 Å². The first-order valence-corrected chi connectivity index (χ1v) is 8.80. The molecule has 3 aromatic heterocycles. The standard InChI is InChI=1S/C18H14ClF3N6O/c1-26-9-13(18(20,21)22)24-14(26)11-5-3-10(4-6-11)8-28-15-12(27(2)17(28)29)7-23-16(19)25-15/h3-7,9H,8H2,1-2H3. The molecule has 7 nitrogen and oxygen atoms in total. The van der Waals surface area contributed by atoms with Crippen LogP contribution in [0.5, 0.6) is 0 Å². The summed E-state index contributed by atoms with van der Waals surface area (Å²) >= 11 is 5.86. The lowest BCUT2D eigenvalue weighted by atomic mass is 10.1. The van der Waals surface area contributed by atoms with Gasteiger partial charge in [0.25, 0.3) is 0 Å². The summed E-state index contributed by atoms with van der Waals surface area (Å²) in [5.74, 6) is 0.200. The molecule has 4 rings (SSSR count). The monoisotopic (exact) mass is 422 g/mol. The molecule has 0 atom stereocenters. The van der Waals surface area contributed by atoms with E-state index in [1.807, 2.05) is 0 Å². The quantitative estimate of drug-likeness (QED) is 0.475. The molecule has 3 heterocycles. The topological polar surface area (TPSA) is 70.5 Å². The van der Waals surface area contributed by atoms with Gasteiger partial charge in [-0.15, -0.1) is 0 Å². The number of aromatic nitrogens is 6. The first-order valence-electron chi connectivity index (χ1n) is 8.43. The molecule has 0 bridgehead atoms. The Hall–Kier alpha value is -3.14. The molecular weight excluding hydrogens is 409 g/mol. The fraction of sp³-hybridized carbons (Fsp3) is 0.222. The highest BCUT2D eigenvalue weighted by atomic mass is 35.5. The van der Waals surface area contributed by atoms with Crippen LogP contribution in [-0.4, -0.2) is 28.7 Å². The first kappa shape index (κ1) is 19.2. The van der Waals surface area contributed by atoms with Crippen LogP contribution in [0, 0.1) is 0 Å². The van der Waals surface area contributed by atoms with Crippen molar-refractivity contribution in [2.24, 2.45) is 14.1 Å². The molecule has 11 heteroatoms. The van der Waals surface area contributed by atoms with Crippen LogP contribution in [0.4, 0.5) is 13.2 Å². The van der Waals surface area contributed by atoms with Crippen molar-refractivity contribution < 1.29 is 13.2 Å². The van der Waals surface area contributed by atoms with E-state index < -0.39 is 11.9 Å². The lowest BCUT2D eigenvalue weighted by molar-refractivity contribution is -0.140. The third-order valence-electron chi connectivity index (χ3n) is 4.58. The van der Waals surface area contributed by atoms with Crippen molar-refractivity contribution in [3.8, 4) is 11.4 Å². The Bertz CT molecular complexity index is 1270. The van der Waals surface area contributed by atoms with E-state index in [0.717, 1.165) is 11.8 Å². The van der Waals surface area contributed by atoms with Crippen molar-refractivity contribution in [1.82, 2.24) is 28.7 Å². The normalized spacial score (nSPS) is 12.1. The lowest BCUT2D eigenvalue weighted by Crippen LogP contribution is -2.22. The second-order valence-corrected chi connectivity index (χ2v) is 6.87. The van der Waals surface area contributed by atoms with Gasteiger partial charge in [-0.25, -0.2) is 14.8 Å². The SMILES string of the molecule is Cn1cc(C(F)(F)F)nc1-c1ccc(Cn2c(=O)n(C)c3cnc(Cl)nc32)cc1. The molecule has 0 aliphatic rings. The second-order valence-electron chi connectivity index (χ2n) is 6.53. The number of aryl methyl sites for hydroxylation is 2. The summed E-state index contributed by atoms with van der Waals surface area (Å²) < 4.78 is 42.8. The zero-order valence-electron chi connectivity index (χ0n) is 15.3. The Morgan fingerprint density at radius 1 is 1.10 bits per heavy atom. The molecule has 0 unspecified atom stereocenters. The molecule has 0 spiro atoms. The molecule has 0 radical (unpaired) electrons. The van der Waals surface area contributed by atoms with Crippen LogP contribution in [0.25, 0.3) is 22.6 Å². The number of fused-ring (bicyclic) bond motifs is 1. The summed E-state index contributed by atoms with van der Waals surface area (Å²) in [4.78, 5) is 24.2. The molecular formula is C18H14ClF3N6O. The molecule has 29 heavy (non-hydrogen) atoms. The second kappa shape index (κ2) is 6.73. The van der Waals surface area contributed by atoms with E-state index in [0.29, 0.717) is 16.7 Å². The van der Waals surface area contributed by atoms with E-state index in [-0.39, 0.29) is 23.3 Å². The number of hydrogen-bond acceptors (Lipinski definition) is 4. The van der Waals surface area contributed by atoms with Crippen molar-refractivity contribution in [3.63, 3.8) is 0 Å². The van der Waals surface area contributed by atoms with Crippen LogP contribution in [-0.2, 0) is 26.8 Å². The van der Waals surface area contributed by atoms with Crippen molar-refractivity contribution >= 4 is 22.8 Å². The highest BCUT2D eigenvalue weighted by Crippen LogP contribution is 2.30. The Morgan fingerprint density at radius 3 is 2.41 bits per heavy atom. The maximum atomic E-state index is 12.9. The Balaban J connectivity index is 1.68. The number of halogens is 4. The molecule has 0 saturated heterocycles. The van der Waals surface area contributed by atoms with Gasteiger partial charge in [0.1, 0.15) is 11.3 Å². The summed E-state index contributed by atoms with van der Waals surface area (Å²) in [6.07, 6.45) is -2.08. The van der Waals surface area contributed by atoms with Crippen LogP contribution in [0.2, 0.25) is 5.28 Å². The molecule has 0 aliphatic carbocycles. The summed E-state index contributed by atoms with van der Waals surface area (Å²) in [5.41, 5.74) is 1.02. The summed E-state index contributed by atoms with van der Waals surface area (Å²) in [6, 6.07) is 6.78. The van der Waals surface area contributed by atoms with Crippen LogP contribution < -0.4 is 5.69 Å². The molecule has 4 aromatic rings. The third-order valence-corrected chi connectivity index (χ3v) is 4.76. The van der Waals surface area contributed by atoms with Crippen LogP contribution in [0.15, 0.2) is 41.5 Å². The molecule has 0 amide bonds. The zero-order valence-corrected chi connectivity index (χ0v) is 16.0. The highest BCUT2D eigenvalue weighted by Gasteiger charge is 2.34. The van der Waals surface area contributed by atoms with E-state index in [4.69, 9.17) is 11.6 Å². The maximum Gasteiger partial charge on any atom is 0.434 e. The molecule has 150 valence electrons. The Morgan fingerprint density at radius 2 is 1.79 bits per heavy atom. The van der Waals surface area contributed by atoms with Gasteiger partial charge >= 0.3 is 11.9 Å². The smallest absolute Gasteiger partial charge is 0.333 e. The molecule has 0 fully saturated rings. The van der Waals surface area contributed by atoms with Crippen LogP contribution in [0.3, 0.4) is 0 Å². The van der Waals surface area contributed by atoms with Gasteiger partial charge in [-0.05, 0) is 17.2 Å². The largest absolute Gasteiger partial charge is 0.434 e. The van der Waals surface area contributed by atoms with E-state index in [2.05, 4.69) is 15.0 Å². The minimum atomic E-state index is -4.51. The van der Waals surface area contributed by atoms with Gasteiger partial charge in [0.2, 0.25) is 5.28 Å². The Labute approximate surface area is 167 Å². The van der Waals surface area contributed by atoms with Crippen LogP contribution >= 0.6 is 11.6 Å². The number of imidazole rings is 2. The van der Waals surface area contributed by atoms with E-state index in [1.165, 1.54) is 26.9 Å². The van der Waals surface area contributed by atoms with E-state index in [9.17, 15) is 18.0 Å². The number of alkyl halides is 3. The predicted molar refractivity (Wildman–Crippen MR) is 101 cm³/mol. The number of benzene rings is 1. The molecule has 0 saturated carbocycles. The average Bonchev–Trinajstić information content (AvgIpc) is 3.16. The van der Waals surface area contributed by atoms with Crippen LogP contribution in [0.1, 0.15) is 11.3 Å². The third kappa shape index (κ3) is 3.39. The first-order chi connectivity index (χ1) is 13.6. The summed E-state index contributed by atoms with van der Waals surface area (Å²) in [7, 11) is 3.12. The van der Waals surface area contributed by atoms with Crippen molar-refractivity contribution in [1.29, 1.82) is 0 Å². The summed E-state index contributed by atoms with van der Waals surface area (Å²) in [6.45, 7) is 0.220. The van der Waals surface area contributed by atoms with Crippen molar-refractivity contribution in [2.45, 2.75) is 12.7 Å². The molecule has 0 N–H and O–H groups in total. The van der Waals surface area contributed by atoms with Gasteiger partial charge in [-0.2, -0.15) is 18.2 Å². The lowest BCUT2D eigenvalue weighted by Gasteiger charge is -2.06. The molecule has 1 aromatic carbocycles. The minimum Gasteiger partial charge on any atom is -0.333 e. The van der Waals surface area contributed by atoms with Gasteiger partial charge in [-0.1, -0.05) is 24.3 Å². The van der Waals surface area contributed by atoms with E-state index in [1.54, 1.807) is 31.3 Å². The van der Waals surface area contributed by atoms with Gasteiger partial charge in [0.05, 0.1) is 12.7 Å². The summed E-state index contributed by atoms with van der Waals surface area (Å²) in [5, 5.41) is 0.0300. The zero-order chi connectivity index (χ0) is 20.9. The number of rotatable bonds is 3. The fourth-order valence-electron chi connectivity index (χ4n) is 3.11. The number of nitrogens with zero attached hydrogens (tertiary/aromatic N) is 6. The fourth-order valence-corrected chi connectivity index (χ4v) is 3.24. The minimum absolute atomic E-state index is 0.0300. The molecule has 0 aliphatic heterocycles.